The second-order valence-electron chi connectivity index (χ2n) is 4.20. The van der Waals surface area contributed by atoms with E-state index in [1.165, 1.54) is 18.0 Å². The Balaban J connectivity index is 2.67. The van der Waals surface area contributed by atoms with Crippen molar-refractivity contribution in [2.45, 2.75) is 39.3 Å². The summed E-state index contributed by atoms with van der Waals surface area (Å²) >= 11 is 0. The quantitative estimate of drug-likeness (QED) is 0.734. The van der Waals surface area contributed by atoms with Crippen molar-refractivity contribution in [3.63, 3.8) is 0 Å². The minimum Gasteiger partial charge on any atom is -0.464 e. The first-order valence-electron chi connectivity index (χ1n) is 6.22. The van der Waals surface area contributed by atoms with Gasteiger partial charge in [0, 0.05) is 12.2 Å². The maximum absolute atomic E-state index is 11.8. The van der Waals surface area contributed by atoms with Gasteiger partial charge in [-0.05, 0) is 12.8 Å². The van der Waals surface area contributed by atoms with Gasteiger partial charge in [-0.15, -0.1) is 0 Å². The van der Waals surface area contributed by atoms with Crippen LogP contribution in [-0.4, -0.2) is 34.8 Å². The lowest BCUT2D eigenvalue weighted by molar-refractivity contribution is -0.122. The molecule has 7 heteroatoms. The van der Waals surface area contributed by atoms with E-state index in [-0.39, 0.29) is 29.9 Å². The zero-order chi connectivity index (χ0) is 14.4. The van der Waals surface area contributed by atoms with Crippen LogP contribution in [0.1, 0.15) is 37.2 Å². The maximum atomic E-state index is 11.8. The van der Waals surface area contributed by atoms with Crippen LogP contribution in [0, 0.1) is 0 Å². The molecule has 19 heavy (non-hydrogen) atoms. The fraction of sp³-hybridized carbons (Fsp3) is 0.583. The van der Waals surface area contributed by atoms with Gasteiger partial charge in [-0.25, -0.2) is 4.79 Å². The van der Waals surface area contributed by atoms with Crippen LogP contribution in [0.2, 0.25) is 0 Å². The van der Waals surface area contributed by atoms with Gasteiger partial charge in [-0.2, -0.15) is 5.10 Å². The van der Waals surface area contributed by atoms with Crippen molar-refractivity contribution in [2.75, 3.05) is 12.8 Å². The number of hydrogen-bond donors (Lipinski definition) is 2. The van der Waals surface area contributed by atoms with Crippen LogP contribution in [-0.2, 0) is 16.1 Å². The normalized spacial score (nSPS) is 10.5. The third kappa shape index (κ3) is 3.97. The number of rotatable bonds is 6. The van der Waals surface area contributed by atoms with Gasteiger partial charge in [-0.1, -0.05) is 13.8 Å². The average molecular weight is 268 g/mol. The predicted molar refractivity (Wildman–Crippen MR) is 70.5 cm³/mol. The number of esters is 1. The smallest absolute Gasteiger partial charge is 0.360 e. The van der Waals surface area contributed by atoms with Gasteiger partial charge in [0.2, 0.25) is 5.91 Å². The van der Waals surface area contributed by atoms with Gasteiger partial charge in [0.15, 0.2) is 5.69 Å². The first kappa shape index (κ1) is 15.0. The second kappa shape index (κ2) is 6.77. The van der Waals surface area contributed by atoms with E-state index < -0.39 is 5.97 Å². The molecular formula is C12H20N4O3. The van der Waals surface area contributed by atoms with Crippen LogP contribution in [0.5, 0.6) is 0 Å². The summed E-state index contributed by atoms with van der Waals surface area (Å²) in [5, 5.41) is 6.82. The van der Waals surface area contributed by atoms with E-state index in [4.69, 9.17) is 5.73 Å². The lowest BCUT2D eigenvalue weighted by Gasteiger charge is -2.14. The van der Waals surface area contributed by atoms with Crippen LogP contribution < -0.4 is 11.1 Å². The first-order chi connectivity index (χ1) is 9.01. The topological polar surface area (TPSA) is 99.2 Å². The summed E-state index contributed by atoms with van der Waals surface area (Å²) in [4.78, 5) is 23.1. The molecule has 0 atom stereocenters. The van der Waals surface area contributed by atoms with Crippen LogP contribution in [0.3, 0.4) is 0 Å². The van der Waals surface area contributed by atoms with E-state index in [0.29, 0.717) is 0 Å². The van der Waals surface area contributed by atoms with Gasteiger partial charge in [-0.3, -0.25) is 9.48 Å². The molecule has 1 rings (SSSR count). The molecule has 7 nitrogen and oxygen atoms in total. The third-order valence-electron chi connectivity index (χ3n) is 2.83. The summed E-state index contributed by atoms with van der Waals surface area (Å²) in [5.74, 6) is -0.774. The molecule has 0 aliphatic rings. The molecule has 0 unspecified atom stereocenters. The molecule has 1 amide bonds. The molecule has 0 fully saturated rings. The molecular weight excluding hydrogens is 248 g/mol. The summed E-state index contributed by atoms with van der Waals surface area (Å²) in [5.41, 5.74) is 5.85. The molecule has 1 heterocycles. The molecule has 0 aromatic carbocycles. The summed E-state index contributed by atoms with van der Waals surface area (Å²) in [7, 11) is 1.25. The molecule has 0 bridgehead atoms. The van der Waals surface area contributed by atoms with Crippen molar-refractivity contribution in [1.29, 1.82) is 0 Å². The molecule has 1 aromatic heterocycles. The van der Waals surface area contributed by atoms with E-state index in [9.17, 15) is 9.59 Å². The number of carbonyl (C=O) groups is 2. The highest BCUT2D eigenvalue weighted by molar-refractivity contribution is 5.92. The molecule has 1 aromatic rings. The number of hydrogen-bond acceptors (Lipinski definition) is 5. The van der Waals surface area contributed by atoms with E-state index in [0.717, 1.165) is 12.8 Å². The van der Waals surface area contributed by atoms with Gasteiger partial charge in [0.05, 0.1) is 12.8 Å². The summed E-state index contributed by atoms with van der Waals surface area (Å²) in [6.45, 7) is 4.04. The van der Waals surface area contributed by atoms with Crippen molar-refractivity contribution < 1.29 is 14.3 Å². The summed E-state index contributed by atoms with van der Waals surface area (Å²) in [6.07, 6.45) is 3.19. The fourth-order valence-corrected chi connectivity index (χ4v) is 1.69. The molecule has 0 aliphatic carbocycles. The van der Waals surface area contributed by atoms with Gasteiger partial charge < -0.3 is 15.8 Å². The number of ether oxygens (including phenoxy) is 1. The Hall–Kier alpha value is -2.05. The molecule has 3 N–H and O–H groups in total. The number of methoxy groups -OCH3 is 1. The van der Waals surface area contributed by atoms with Crippen LogP contribution in [0.25, 0.3) is 0 Å². The maximum Gasteiger partial charge on any atom is 0.360 e. The molecule has 0 radical (unpaired) electrons. The summed E-state index contributed by atoms with van der Waals surface area (Å²) in [6, 6.07) is 0.153. The minimum atomic E-state index is -0.614. The number of anilines is 1. The number of aromatic nitrogens is 2. The van der Waals surface area contributed by atoms with Crippen LogP contribution >= 0.6 is 0 Å². The van der Waals surface area contributed by atoms with Crippen LogP contribution in [0.4, 0.5) is 5.69 Å². The average Bonchev–Trinajstić information content (AvgIpc) is 2.75. The minimum absolute atomic E-state index is 0.0255. The fourth-order valence-electron chi connectivity index (χ4n) is 1.69. The Kier molecular flexibility index (Phi) is 5.35. The third-order valence-corrected chi connectivity index (χ3v) is 2.83. The number of nitrogens with two attached hydrogens (primary N) is 1. The SMILES string of the molecule is CCC(CC)NC(=O)Cn1cc(N)c(C(=O)OC)n1. The summed E-state index contributed by atoms with van der Waals surface area (Å²) < 4.78 is 5.87. The van der Waals surface area contributed by atoms with Crippen molar-refractivity contribution in [3.8, 4) is 0 Å². The largest absolute Gasteiger partial charge is 0.464 e. The van der Waals surface area contributed by atoms with Crippen molar-refractivity contribution in [3.05, 3.63) is 11.9 Å². The van der Waals surface area contributed by atoms with E-state index >= 15 is 0 Å². The highest BCUT2D eigenvalue weighted by Crippen LogP contribution is 2.10. The number of nitrogen functional groups attached to an aromatic ring is 1. The molecule has 0 saturated carbocycles. The monoisotopic (exact) mass is 268 g/mol. The van der Waals surface area contributed by atoms with Gasteiger partial charge in [0.25, 0.3) is 0 Å². The van der Waals surface area contributed by atoms with Crippen molar-refractivity contribution in [1.82, 2.24) is 15.1 Å². The standard InChI is InChI=1S/C12H20N4O3/c1-4-8(5-2)14-10(17)7-16-6-9(13)11(15-16)12(18)19-3/h6,8H,4-5,7,13H2,1-3H3,(H,14,17). The number of nitrogens with zero attached hydrogens (tertiary/aromatic N) is 2. The highest BCUT2D eigenvalue weighted by atomic mass is 16.5. The molecule has 0 spiro atoms. The second-order valence-corrected chi connectivity index (χ2v) is 4.20. The van der Waals surface area contributed by atoms with Gasteiger partial charge >= 0.3 is 5.97 Å². The Morgan fingerprint density at radius 3 is 2.63 bits per heavy atom. The first-order valence-corrected chi connectivity index (χ1v) is 6.22. The Bertz CT molecular complexity index is 452. The predicted octanol–water partition coefficient (Wildman–Crippen LogP) is 0.557. The highest BCUT2D eigenvalue weighted by Gasteiger charge is 2.16. The molecule has 0 aliphatic heterocycles. The number of carbonyl (C=O) groups excluding carboxylic acids is 2. The molecule has 0 saturated heterocycles. The Morgan fingerprint density at radius 2 is 2.11 bits per heavy atom. The molecule has 106 valence electrons. The Morgan fingerprint density at radius 1 is 1.47 bits per heavy atom. The van der Waals surface area contributed by atoms with Crippen LogP contribution in [0.15, 0.2) is 6.20 Å². The number of amides is 1. The zero-order valence-corrected chi connectivity index (χ0v) is 11.5. The Labute approximate surface area is 112 Å². The van der Waals surface area contributed by atoms with E-state index in [1.807, 2.05) is 13.8 Å². The lowest BCUT2D eigenvalue weighted by atomic mass is 10.2. The lowest BCUT2D eigenvalue weighted by Crippen LogP contribution is -2.36. The van der Waals surface area contributed by atoms with Crippen molar-refractivity contribution >= 4 is 17.6 Å². The van der Waals surface area contributed by atoms with Gasteiger partial charge in [0.1, 0.15) is 6.54 Å². The van der Waals surface area contributed by atoms with E-state index in [2.05, 4.69) is 15.2 Å². The number of nitrogens with one attached hydrogen (secondary N) is 1. The van der Waals surface area contributed by atoms with E-state index in [1.54, 1.807) is 0 Å². The van der Waals surface area contributed by atoms with Crippen molar-refractivity contribution in [2.24, 2.45) is 0 Å². The zero-order valence-electron chi connectivity index (χ0n) is 11.5.